The third kappa shape index (κ3) is 1.97. The second-order valence-corrected chi connectivity index (χ2v) is 3.85. The number of hydrogen-bond acceptors (Lipinski definition) is 2. The summed E-state index contributed by atoms with van der Waals surface area (Å²) in [6.45, 7) is 3.38. The molecule has 0 radical (unpaired) electrons. The highest BCUT2D eigenvalue weighted by Gasteiger charge is 2.20. The second-order valence-electron chi connectivity index (χ2n) is 3.85. The number of rotatable bonds is 1. The van der Waals surface area contributed by atoms with Gasteiger partial charge in [0.2, 0.25) is 0 Å². The van der Waals surface area contributed by atoms with E-state index in [1.807, 2.05) is 6.20 Å². The Kier molecular flexibility index (Phi) is 2.57. The number of nitrogens with zero attached hydrogens (tertiary/aromatic N) is 1. The van der Waals surface area contributed by atoms with Gasteiger partial charge in [0.25, 0.3) is 0 Å². The van der Waals surface area contributed by atoms with E-state index >= 15 is 0 Å². The lowest BCUT2D eigenvalue weighted by Crippen LogP contribution is -2.18. The molecule has 3 heteroatoms. The molecule has 1 heterocycles. The zero-order chi connectivity index (χ0) is 9.97. The molecule has 0 unspecified atom stereocenters. The minimum absolute atomic E-state index is 0.205. The van der Waals surface area contributed by atoms with Gasteiger partial charge >= 0.3 is 6.09 Å². The van der Waals surface area contributed by atoms with Crippen LogP contribution < -0.4 is 0 Å². The van der Waals surface area contributed by atoms with Crippen LogP contribution in [0.2, 0.25) is 0 Å². The minimum atomic E-state index is -0.205. The maximum atomic E-state index is 11.2. The van der Waals surface area contributed by atoms with Gasteiger partial charge in [-0.2, -0.15) is 0 Å². The van der Waals surface area contributed by atoms with E-state index in [-0.39, 0.29) is 6.09 Å². The van der Waals surface area contributed by atoms with Crippen molar-refractivity contribution < 1.29 is 9.53 Å². The molecule has 0 bridgehead atoms. The third-order valence-electron chi connectivity index (χ3n) is 2.68. The summed E-state index contributed by atoms with van der Waals surface area (Å²) >= 11 is 0. The molecular formula is C11H15NO2. The van der Waals surface area contributed by atoms with Crippen LogP contribution in [0.5, 0.6) is 0 Å². The van der Waals surface area contributed by atoms with Crippen LogP contribution in [0.3, 0.4) is 0 Å². The number of cyclic esters (lactones) is 1. The van der Waals surface area contributed by atoms with Crippen molar-refractivity contribution in [3.63, 3.8) is 0 Å². The molecule has 0 N–H and O–H groups in total. The van der Waals surface area contributed by atoms with Crippen molar-refractivity contribution in [1.82, 2.24) is 4.90 Å². The summed E-state index contributed by atoms with van der Waals surface area (Å²) in [6, 6.07) is 0. The lowest BCUT2D eigenvalue weighted by atomic mass is 9.96. The fraction of sp³-hybridized carbons (Fsp3) is 0.545. The Morgan fingerprint density at radius 2 is 2.36 bits per heavy atom. The van der Waals surface area contributed by atoms with Crippen molar-refractivity contribution in [2.75, 3.05) is 13.2 Å². The molecule has 1 fully saturated rings. The number of amides is 1. The van der Waals surface area contributed by atoms with Gasteiger partial charge in [-0.05, 0) is 31.8 Å². The summed E-state index contributed by atoms with van der Waals surface area (Å²) in [4.78, 5) is 12.8. The van der Waals surface area contributed by atoms with Crippen molar-refractivity contribution >= 4 is 6.09 Å². The van der Waals surface area contributed by atoms with E-state index in [1.165, 1.54) is 11.1 Å². The average molecular weight is 193 g/mol. The van der Waals surface area contributed by atoms with Crippen LogP contribution in [0.15, 0.2) is 23.4 Å². The van der Waals surface area contributed by atoms with E-state index in [1.54, 1.807) is 4.90 Å². The first-order valence-electron chi connectivity index (χ1n) is 5.04. The standard InChI is InChI=1S/C11H15NO2/c1-9-2-4-10(5-3-9)8-12-6-7-14-11(12)13/h2,8H,3-7H2,1H3/b10-8-. The number of hydrogen-bond donors (Lipinski definition) is 0. The topological polar surface area (TPSA) is 29.5 Å². The number of ether oxygens (including phenoxy) is 1. The van der Waals surface area contributed by atoms with Crippen LogP contribution in [-0.2, 0) is 4.74 Å². The lowest BCUT2D eigenvalue weighted by Gasteiger charge is -2.15. The van der Waals surface area contributed by atoms with Gasteiger partial charge in [0.15, 0.2) is 0 Å². The highest BCUT2D eigenvalue weighted by Crippen LogP contribution is 2.23. The largest absolute Gasteiger partial charge is 0.447 e. The number of carbonyl (C=O) groups excluding carboxylic acids is 1. The van der Waals surface area contributed by atoms with Gasteiger partial charge in [0.1, 0.15) is 6.61 Å². The zero-order valence-corrected chi connectivity index (χ0v) is 8.45. The van der Waals surface area contributed by atoms with Crippen molar-refractivity contribution in [3.05, 3.63) is 23.4 Å². The molecular weight excluding hydrogens is 178 g/mol. The molecule has 0 atom stereocenters. The Hall–Kier alpha value is -1.25. The van der Waals surface area contributed by atoms with Gasteiger partial charge in [0, 0.05) is 6.20 Å². The highest BCUT2D eigenvalue weighted by atomic mass is 16.6. The van der Waals surface area contributed by atoms with Crippen molar-refractivity contribution in [2.45, 2.75) is 26.2 Å². The van der Waals surface area contributed by atoms with Crippen LogP contribution in [0, 0.1) is 0 Å². The van der Waals surface area contributed by atoms with E-state index in [0.29, 0.717) is 13.2 Å². The molecule has 0 aromatic carbocycles. The quantitative estimate of drug-likeness (QED) is 0.599. The molecule has 1 aliphatic heterocycles. The molecule has 14 heavy (non-hydrogen) atoms. The van der Waals surface area contributed by atoms with E-state index in [2.05, 4.69) is 13.0 Å². The first-order chi connectivity index (χ1) is 6.75. The Labute approximate surface area is 84.0 Å². The van der Waals surface area contributed by atoms with Gasteiger partial charge in [-0.25, -0.2) is 4.79 Å². The maximum Gasteiger partial charge on any atom is 0.413 e. The van der Waals surface area contributed by atoms with Crippen molar-refractivity contribution in [3.8, 4) is 0 Å². The summed E-state index contributed by atoms with van der Waals surface area (Å²) in [6.07, 6.45) is 7.16. The monoisotopic (exact) mass is 193 g/mol. The normalized spacial score (nSPS) is 25.2. The second kappa shape index (κ2) is 3.86. The molecule has 0 aromatic heterocycles. The third-order valence-corrected chi connectivity index (χ3v) is 2.68. The molecule has 3 nitrogen and oxygen atoms in total. The van der Waals surface area contributed by atoms with E-state index in [9.17, 15) is 4.79 Å². The minimum Gasteiger partial charge on any atom is -0.447 e. The molecule has 0 saturated carbocycles. The van der Waals surface area contributed by atoms with Gasteiger partial charge in [-0.1, -0.05) is 11.6 Å². The first kappa shape index (κ1) is 9.31. The fourth-order valence-corrected chi connectivity index (χ4v) is 1.73. The van der Waals surface area contributed by atoms with E-state index < -0.39 is 0 Å². The first-order valence-corrected chi connectivity index (χ1v) is 5.04. The summed E-state index contributed by atoms with van der Waals surface area (Å²) in [7, 11) is 0. The van der Waals surface area contributed by atoms with Crippen molar-refractivity contribution in [2.24, 2.45) is 0 Å². The summed E-state index contributed by atoms with van der Waals surface area (Å²) < 4.78 is 4.86. The van der Waals surface area contributed by atoms with Gasteiger partial charge < -0.3 is 4.74 Å². The molecule has 2 rings (SSSR count). The van der Waals surface area contributed by atoms with Gasteiger partial charge in [0.05, 0.1) is 6.54 Å². The van der Waals surface area contributed by atoms with Crippen LogP contribution in [0.1, 0.15) is 26.2 Å². The van der Waals surface area contributed by atoms with Crippen molar-refractivity contribution in [1.29, 1.82) is 0 Å². The van der Waals surface area contributed by atoms with Crippen LogP contribution in [0.25, 0.3) is 0 Å². The Balaban J connectivity index is 2.01. The number of carbonyl (C=O) groups is 1. The molecule has 1 aliphatic carbocycles. The predicted octanol–water partition coefficient (Wildman–Crippen LogP) is 2.45. The average Bonchev–Trinajstić information content (AvgIpc) is 2.56. The summed E-state index contributed by atoms with van der Waals surface area (Å²) in [5, 5.41) is 0. The molecule has 0 aromatic rings. The lowest BCUT2D eigenvalue weighted by molar-refractivity contribution is 0.166. The van der Waals surface area contributed by atoms with Crippen LogP contribution in [0.4, 0.5) is 4.79 Å². The Morgan fingerprint density at radius 3 is 2.93 bits per heavy atom. The predicted molar refractivity (Wildman–Crippen MR) is 53.7 cm³/mol. The smallest absolute Gasteiger partial charge is 0.413 e. The zero-order valence-electron chi connectivity index (χ0n) is 8.45. The fourth-order valence-electron chi connectivity index (χ4n) is 1.73. The summed E-state index contributed by atoms with van der Waals surface area (Å²) in [5.74, 6) is 0. The maximum absolute atomic E-state index is 11.2. The van der Waals surface area contributed by atoms with Crippen LogP contribution >= 0.6 is 0 Å². The van der Waals surface area contributed by atoms with Gasteiger partial charge in [-0.3, -0.25) is 4.90 Å². The highest BCUT2D eigenvalue weighted by molar-refractivity contribution is 5.70. The van der Waals surface area contributed by atoms with E-state index in [4.69, 9.17) is 4.74 Å². The molecule has 2 aliphatic rings. The number of allylic oxidation sites excluding steroid dienone is 3. The molecule has 1 amide bonds. The molecule has 76 valence electrons. The summed E-state index contributed by atoms with van der Waals surface area (Å²) in [5.41, 5.74) is 2.78. The SMILES string of the molecule is CC1=CC/C(=C/N2CCOC2=O)CC1. The van der Waals surface area contributed by atoms with Gasteiger partial charge in [-0.15, -0.1) is 0 Å². The molecule has 1 saturated heterocycles. The molecule has 0 spiro atoms. The van der Waals surface area contributed by atoms with E-state index in [0.717, 1.165) is 19.3 Å². The van der Waals surface area contributed by atoms with Crippen LogP contribution in [-0.4, -0.2) is 24.1 Å². The Bertz CT molecular complexity index is 304. The Morgan fingerprint density at radius 1 is 1.50 bits per heavy atom.